The molecule has 1 aromatic heterocycles. The van der Waals surface area contributed by atoms with Gasteiger partial charge in [0.25, 0.3) is 5.91 Å². The molecule has 1 aliphatic carbocycles. The quantitative estimate of drug-likeness (QED) is 0.0288. The van der Waals surface area contributed by atoms with Gasteiger partial charge in [0.05, 0.1) is 56.3 Å². The zero-order chi connectivity index (χ0) is 49.1. The molecular weight excluding hydrogens is 935 g/mol. The standard InChI is InChI=1S/C52H55N5O11S2/c1-32-25-43(49-56(19-22-66-49)52(62)68-31-40-36-15-7-5-13-34(36)35-14-6-8-16-37(35)40)57(30-32)48(58)38-26-33(2)44(28-41(38)53)64-20-11-4-12-21-65-46-29-42(39(50(59)60)27-45(46)63-3)55-51(61)67-23-24-69-70-47-17-9-10-18-54-47/h5-10,13-18,26-29,40,43,49H,1,4,11-12,19-25,30-31,53H2,2-3H3,(H,55,61)(H,59,60)/t43-,49?/m0/s1. The van der Waals surface area contributed by atoms with Crippen LogP contribution in [0.25, 0.3) is 11.1 Å². The second-order valence-corrected chi connectivity index (χ2v) is 19.3. The minimum atomic E-state index is -1.26. The lowest BCUT2D eigenvalue weighted by Gasteiger charge is -2.33. The van der Waals surface area contributed by atoms with E-state index in [2.05, 4.69) is 41.1 Å². The molecule has 70 heavy (non-hydrogen) atoms. The number of aromatic nitrogens is 1. The average Bonchev–Trinajstić information content (AvgIpc) is 4.09. The lowest BCUT2D eigenvalue weighted by atomic mass is 9.98. The van der Waals surface area contributed by atoms with Gasteiger partial charge < -0.3 is 44.2 Å². The molecule has 3 heterocycles. The molecule has 2 atom stereocenters. The van der Waals surface area contributed by atoms with E-state index in [0.717, 1.165) is 44.8 Å². The topological polar surface area (TPSA) is 201 Å². The number of carboxylic acids is 1. The molecule has 0 spiro atoms. The van der Waals surface area contributed by atoms with Gasteiger partial charge in [-0.05, 0) is 89.4 Å². The number of carbonyl (C=O) groups is 4. The Morgan fingerprint density at radius 1 is 0.857 bits per heavy atom. The van der Waals surface area contributed by atoms with Gasteiger partial charge in [0, 0.05) is 48.3 Å². The Kier molecular flexibility index (Phi) is 16.4. The van der Waals surface area contributed by atoms with Crippen molar-refractivity contribution in [3.8, 4) is 28.4 Å². The van der Waals surface area contributed by atoms with Gasteiger partial charge in [-0.1, -0.05) is 77.5 Å². The Hall–Kier alpha value is -6.89. The molecule has 8 rings (SSSR count). The number of pyridine rings is 1. The van der Waals surface area contributed by atoms with Crippen LogP contribution in [0.3, 0.4) is 0 Å². The highest BCUT2D eigenvalue weighted by atomic mass is 33.1. The zero-order valence-corrected chi connectivity index (χ0v) is 40.6. The first-order valence-corrected chi connectivity index (χ1v) is 25.3. The van der Waals surface area contributed by atoms with Gasteiger partial charge in [0.1, 0.15) is 24.0 Å². The van der Waals surface area contributed by atoms with E-state index in [1.54, 1.807) is 28.1 Å². The van der Waals surface area contributed by atoms with E-state index in [1.807, 2.05) is 49.4 Å². The van der Waals surface area contributed by atoms with E-state index in [4.69, 9.17) is 34.2 Å². The number of ether oxygens (including phenoxy) is 6. The van der Waals surface area contributed by atoms with E-state index in [1.165, 1.54) is 40.8 Å². The number of carbonyl (C=O) groups excluding carboxylic acids is 3. The number of hydrogen-bond acceptors (Lipinski definition) is 14. The van der Waals surface area contributed by atoms with Crippen LogP contribution in [0.1, 0.15) is 69.0 Å². The number of fused-ring (bicyclic) bond motifs is 3. The minimum absolute atomic E-state index is 0.00541. The van der Waals surface area contributed by atoms with Gasteiger partial charge in [-0.15, -0.1) is 0 Å². The summed E-state index contributed by atoms with van der Waals surface area (Å²) in [6.45, 7) is 7.91. The Labute approximate surface area is 414 Å². The number of nitrogens with two attached hydrogens (primary N) is 1. The van der Waals surface area contributed by atoms with Crippen molar-refractivity contribution in [1.82, 2.24) is 14.8 Å². The summed E-state index contributed by atoms with van der Waals surface area (Å²) >= 11 is 0. The molecule has 0 saturated carbocycles. The van der Waals surface area contributed by atoms with Gasteiger partial charge in [-0.3, -0.25) is 15.0 Å². The van der Waals surface area contributed by atoms with Crippen LogP contribution < -0.4 is 25.3 Å². The Morgan fingerprint density at radius 2 is 1.57 bits per heavy atom. The normalized spacial score (nSPS) is 16.1. The number of hydrogen-bond donors (Lipinski definition) is 3. The first-order chi connectivity index (χ1) is 34.0. The Balaban J connectivity index is 0.800. The van der Waals surface area contributed by atoms with E-state index in [-0.39, 0.29) is 60.1 Å². The molecular formula is C52H55N5O11S2. The molecule has 366 valence electrons. The van der Waals surface area contributed by atoms with Crippen molar-refractivity contribution in [1.29, 1.82) is 0 Å². The maximum atomic E-state index is 14.3. The van der Waals surface area contributed by atoms with Crippen molar-refractivity contribution in [2.45, 2.75) is 55.8 Å². The molecule has 16 nitrogen and oxygen atoms in total. The molecule has 4 N–H and O–H groups in total. The predicted octanol–water partition coefficient (Wildman–Crippen LogP) is 9.67. The number of nitrogens with zero attached hydrogens (tertiary/aromatic N) is 3. The minimum Gasteiger partial charge on any atom is -0.493 e. The van der Waals surface area contributed by atoms with Crippen LogP contribution in [0.15, 0.2) is 114 Å². The highest BCUT2D eigenvalue weighted by Gasteiger charge is 2.45. The first kappa shape index (κ1) is 49.5. The van der Waals surface area contributed by atoms with Gasteiger partial charge in [0.15, 0.2) is 17.7 Å². The number of unbranched alkanes of at least 4 members (excludes halogenated alkanes) is 2. The highest BCUT2D eigenvalue weighted by molar-refractivity contribution is 8.76. The van der Waals surface area contributed by atoms with Crippen LogP contribution in [0.5, 0.6) is 17.2 Å². The van der Waals surface area contributed by atoms with Gasteiger partial charge in [-0.25, -0.2) is 19.4 Å². The second kappa shape index (κ2) is 23.1. The van der Waals surface area contributed by atoms with Gasteiger partial charge >= 0.3 is 18.2 Å². The Bertz CT molecular complexity index is 2680. The first-order valence-electron chi connectivity index (χ1n) is 23.0. The number of anilines is 2. The van der Waals surface area contributed by atoms with Crippen molar-refractivity contribution in [3.63, 3.8) is 0 Å². The van der Waals surface area contributed by atoms with Crippen molar-refractivity contribution < 1.29 is 52.7 Å². The van der Waals surface area contributed by atoms with Crippen LogP contribution in [0.2, 0.25) is 0 Å². The lowest BCUT2D eigenvalue weighted by molar-refractivity contribution is -0.0211. The van der Waals surface area contributed by atoms with Crippen LogP contribution in [-0.4, -0.2) is 115 Å². The summed E-state index contributed by atoms with van der Waals surface area (Å²) in [4.78, 5) is 60.2. The lowest BCUT2D eigenvalue weighted by Crippen LogP contribution is -2.51. The molecule has 0 radical (unpaired) electrons. The number of carboxylic acid groups (broad SMARTS) is 1. The maximum absolute atomic E-state index is 14.3. The summed E-state index contributed by atoms with van der Waals surface area (Å²) in [5, 5.41) is 13.2. The maximum Gasteiger partial charge on any atom is 0.412 e. The van der Waals surface area contributed by atoms with Crippen LogP contribution in [-0.2, 0) is 14.2 Å². The molecule has 2 aliphatic heterocycles. The molecule has 3 amide bonds. The number of nitrogens with one attached hydrogen (secondary N) is 1. The summed E-state index contributed by atoms with van der Waals surface area (Å²) in [6.07, 6.45) is 2.18. The van der Waals surface area contributed by atoms with Crippen molar-refractivity contribution in [2.75, 3.05) is 70.0 Å². The van der Waals surface area contributed by atoms with E-state index < -0.39 is 30.4 Å². The average molecular weight is 990 g/mol. The molecule has 4 aromatic carbocycles. The predicted molar refractivity (Wildman–Crippen MR) is 268 cm³/mol. The Morgan fingerprint density at radius 3 is 2.27 bits per heavy atom. The monoisotopic (exact) mass is 989 g/mol. The third kappa shape index (κ3) is 11.6. The number of aromatic carboxylic acids is 1. The molecule has 5 aromatic rings. The number of aryl methyl sites for hydroxylation is 1. The summed E-state index contributed by atoms with van der Waals surface area (Å²) < 4.78 is 34.9. The fourth-order valence-electron chi connectivity index (χ4n) is 8.86. The van der Waals surface area contributed by atoms with Crippen LogP contribution in [0, 0.1) is 6.92 Å². The fraction of sp³-hybridized carbons (Fsp3) is 0.327. The summed E-state index contributed by atoms with van der Waals surface area (Å²) in [7, 11) is 4.33. The number of nitrogen functional groups attached to an aromatic ring is 1. The number of benzene rings is 4. The van der Waals surface area contributed by atoms with E-state index in [0.29, 0.717) is 62.6 Å². The highest BCUT2D eigenvalue weighted by Crippen LogP contribution is 2.45. The largest absolute Gasteiger partial charge is 0.493 e. The molecule has 2 fully saturated rings. The molecule has 0 bridgehead atoms. The SMILES string of the molecule is C=C1C[C@@H](C2OCCN2C(=O)OCC2c3ccccc3-c3ccccc32)N(C(=O)c2cc(C)c(OCCCCCOc3cc(NC(=O)OCCSSc4ccccn4)c(C(=O)O)cc3OC)cc2N)C1. The molecule has 1 unspecified atom stereocenters. The van der Waals surface area contributed by atoms with E-state index in [9.17, 15) is 24.3 Å². The van der Waals surface area contributed by atoms with Crippen LogP contribution in [0.4, 0.5) is 21.0 Å². The number of rotatable bonds is 20. The number of methoxy groups -OCH3 is 1. The molecule has 18 heteroatoms. The van der Waals surface area contributed by atoms with Gasteiger partial charge in [0.2, 0.25) is 0 Å². The van der Waals surface area contributed by atoms with Crippen molar-refractivity contribution >= 4 is 57.0 Å². The van der Waals surface area contributed by atoms with Crippen molar-refractivity contribution in [2.24, 2.45) is 0 Å². The van der Waals surface area contributed by atoms with Crippen molar-refractivity contribution in [3.05, 3.63) is 137 Å². The number of amides is 3. The molecule has 2 saturated heterocycles. The third-order valence-corrected chi connectivity index (χ3v) is 14.4. The smallest absolute Gasteiger partial charge is 0.412 e. The van der Waals surface area contributed by atoms with E-state index >= 15 is 0 Å². The third-order valence-electron chi connectivity index (χ3n) is 12.2. The number of likely N-dealkylation sites (tertiary alicyclic amines) is 1. The summed E-state index contributed by atoms with van der Waals surface area (Å²) in [5.74, 6) is -0.140. The second-order valence-electron chi connectivity index (χ2n) is 16.9. The zero-order valence-electron chi connectivity index (χ0n) is 38.9. The van der Waals surface area contributed by atoms with Crippen LogP contribution >= 0.6 is 21.6 Å². The molecule has 3 aliphatic rings. The van der Waals surface area contributed by atoms with Gasteiger partial charge in [-0.2, -0.15) is 0 Å². The fourth-order valence-corrected chi connectivity index (χ4v) is 10.6. The summed E-state index contributed by atoms with van der Waals surface area (Å²) in [6, 6.07) is 27.6. The summed E-state index contributed by atoms with van der Waals surface area (Å²) in [5.41, 5.74) is 13.0.